The van der Waals surface area contributed by atoms with Crippen LogP contribution in [0.2, 0.25) is 0 Å². The Labute approximate surface area is 134 Å². The van der Waals surface area contributed by atoms with Crippen LogP contribution < -0.4 is 5.32 Å². The third-order valence-corrected chi connectivity index (χ3v) is 3.76. The van der Waals surface area contributed by atoms with Gasteiger partial charge in [-0.2, -0.15) is 0 Å². The second-order valence-electron chi connectivity index (χ2n) is 5.71. The van der Waals surface area contributed by atoms with Crippen LogP contribution in [0, 0.1) is 19.7 Å². The van der Waals surface area contributed by atoms with Crippen LogP contribution in [-0.2, 0) is 11.2 Å². The minimum Gasteiger partial charge on any atom is -0.308 e. The van der Waals surface area contributed by atoms with Crippen molar-refractivity contribution in [3.63, 3.8) is 0 Å². The zero-order valence-corrected chi connectivity index (χ0v) is 13.1. The number of carbonyl (C=O) groups is 1. The van der Waals surface area contributed by atoms with Crippen molar-refractivity contribution in [2.75, 3.05) is 0 Å². The summed E-state index contributed by atoms with van der Waals surface area (Å²) in [6, 6.07) is 12.3. The van der Waals surface area contributed by atoms with Crippen LogP contribution in [0.15, 0.2) is 53.2 Å². The largest absolute Gasteiger partial charge is 0.308 e. The monoisotopic (exact) mass is 308 g/mol. The molecule has 0 aliphatic carbocycles. The van der Waals surface area contributed by atoms with Crippen LogP contribution >= 0.6 is 0 Å². The van der Waals surface area contributed by atoms with E-state index in [0.717, 1.165) is 22.3 Å². The van der Waals surface area contributed by atoms with Crippen LogP contribution in [0.4, 0.5) is 4.39 Å². The van der Waals surface area contributed by atoms with Crippen molar-refractivity contribution in [2.45, 2.75) is 20.3 Å². The van der Waals surface area contributed by atoms with Gasteiger partial charge in [0.1, 0.15) is 17.3 Å². The summed E-state index contributed by atoms with van der Waals surface area (Å²) < 4.78 is 12.9. The quantitative estimate of drug-likeness (QED) is 0.866. The molecular weight excluding hydrogens is 291 g/mol. The third kappa shape index (κ3) is 3.54. The highest BCUT2D eigenvalue weighted by molar-refractivity contribution is 6.14. The van der Waals surface area contributed by atoms with Gasteiger partial charge in [0.2, 0.25) is 0 Å². The van der Waals surface area contributed by atoms with Gasteiger partial charge in [-0.3, -0.25) is 4.79 Å². The van der Waals surface area contributed by atoms with Crippen LogP contribution in [0.5, 0.6) is 0 Å². The van der Waals surface area contributed by atoms with Gasteiger partial charge in [0.05, 0.1) is 0 Å². The van der Waals surface area contributed by atoms with Gasteiger partial charge in [-0.05, 0) is 48.7 Å². The van der Waals surface area contributed by atoms with E-state index >= 15 is 0 Å². The highest BCUT2D eigenvalue weighted by atomic mass is 19.1. The summed E-state index contributed by atoms with van der Waals surface area (Å²) in [7, 11) is 0. The molecule has 0 spiro atoms. The van der Waals surface area contributed by atoms with Crippen LogP contribution in [0.3, 0.4) is 0 Å². The molecule has 0 fully saturated rings. The predicted molar refractivity (Wildman–Crippen MR) is 89.6 cm³/mol. The second-order valence-corrected chi connectivity index (χ2v) is 5.71. The average molecular weight is 308 g/mol. The van der Waals surface area contributed by atoms with Gasteiger partial charge in [0.25, 0.3) is 5.91 Å². The Morgan fingerprint density at radius 2 is 1.87 bits per heavy atom. The first-order valence-electron chi connectivity index (χ1n) is 7.43. The molecule has 0 saturated heterocycles. The van der Waals surface area contributed by atoms with Crippen molar-refractivity contribution in [3.05, 3.63) is 76.2 Å². The van der Waals surface area contributed by atoms with Crippen LogP contribution in [0.25, 0.3) is 6.08 Å². The lowest BCUT2D eigenvalue weighted by Gasteiger charge is -2.02. The summed E-state index contributed by atoms with van der Waals surface area (Å²) in [6.45, 7) is 4.02. The number of halogens is 1. The first kappa shape index (κ1) is 15.2. The van der Waals surface area contributed by atoms with E-state index in [1.165, 1.54) is 12.1 Å². The Balaban J connectivity index is 1.84. The van der Waals surface area contributed by atoms with Crippen molar-refractivity contribution in [3.8, 4) is 0 Å². The van der Waals surface area contributed by atoms with Gasteiger partial charge in [-0.15, -0.1) is 0 Å². The number of nitrogens with one attached hydrogen (secondary N) is 1. The summed E-state index contributed by atoms with van der Waals surface area (Å²) >= 11 is 0. The number of rotatable bonds is 3. The molecule has 1 heterocycles. The van der Waals surface area contributed by atoms with E-state index in [2.05, 4.69) is 10.3 Å². The molecule has 2 aromatic rings. The fraction of sp³-hybridized carbons (Fsp3) is 0.158. The zero-order valence-electron chi connectivity index (χ0n) is 13.1. The molecule has 1 amide bonds. The van der Waals surface area contributed by atoms with Crippen molar-refractivity contribution >= 4 is 17.8 Å². The van der Waals surface area contributed by atoms with Crippen LogP contribution in [0.1, 0.15) is 22.3 Å². The van der Waals surface area contributed by atoms with Gasteiger partial charge >= 0.3 is 0 Å². The minimum atomic E-state index is -0.276. The van der Waals surface area contributed by atoms with Crippen molar-refractivity contribution in [1.82, 2.24) is 5.32 Å². The Bertz CT molecular complexity index is 820. The molecular formula is C19H17FN2O. The van der Waals surface area contributed by atoms with Crippen LogP contribution in [-0.4, -0.2) is 11.7 Å². The smallest absolute Gasteiger partial charge is 0.275 e. The van der Waals surface area contributed by atoms with Gasteiger partial charge in [0.15, 0.2) is 0 Å². The first-order chi connectivity index (χ1) is 11.0. The number of benzene rings is 2. The number of aliphatic imine (C=N–C) groups is 1. The van der Waals surface area contributed by atoms with Gasteiger partial charge in [-0.25, -0.2) is 9.38 Å². The van der Waals surface area contributed by atoms with Crippen molar-refractivity contribution in [2.24, 2.45) is 4.99 Å². The maximum Gasteiger partial charge on any atom is 0.275 e. The van der Waals surface area contributed by atoms with Gasteiger partial charge in [-0.1, -0.05) is 35.9 Å². The van der Waals surface area contributed by atoms with Crippen molar-refractivity contribution < 1.29 is 9.18 Å². The number of amidine groups is 1. The number of hydrogen-bond donors (Lipinski definition) is 1. The molecule has 23 heavy (non-hydrogen) atoms. The van der Waals surface area contributed by atoms with Gasteiger partial charge < -0.3 is 5.32 Å². The fourth-order valence-corrected chi connectivity index (χ4v) is 2.46. The summed E-state index contributed by atoms with van der Waals surface area (Å²) in [6.07, 6.45) is 2.27. The van der Waals surface area contributed by atoms with E-state index in [9.17, 15) is 9.18 Å². The highest BCUT2D eigenvalue weighted by Gasteiger charge is 2.20. The molecule has 0 bridgehead atoms. The molecule has 0 aromatic heterocycles. The first-order valence-corrected chi connectivity index (χ1v) is 7.43. The highest BCUT2D eigenvalue weighted by Crippen LogP contribution is 2.18. The lowest BCUT2D eigenvalue weighted by Crippen LogP contribution is -2.25. The molecule has 2 aromatic carbocycles. The molecule has 0 saturated carbocycles. The third-order valence-electron chi connectivity index (χ3n) is 3.76. The lowest BCUT2D eigenvalue weighted by molar-refractivity contribution is -0.115. The van der Waals surface area contributed by atoms with E-state index in [1.807, 2.05) is 32.0 Å². The minimum absolute atomic E-state index is 0.206. The molecule has 1 N–H and O–H groups in total. The van der Waals surface area contributed by atoms with E-state index in [4.69, 9.17) is 0 Å². The van der Waals surface area contributed by atoms with E-state index < -0.39 is 0 Å². The predicted octanol–water partition coefficient (Wildman–Crippen LogP) is 3.55. The Morgan fingerprint density at radius 3 is 2.61 bits per heavy atom. The second kappa shape index (κ2) is 6.16. The molecule has 0 radical (unpaired) electrons. The SMILES string of the molecule is Cc1ccc(C)c(/C=C2/N=C(Cc3ccc(F)cc3)NC2=O)c1. The summed E-state index contributed by atoms with van der Waals surface area (Å²) in [5.74, 6) is 0.0998. The van der Waals surface area contributed by atoms with Gasteiger partial charge in [0, 0.05) is 6.42 Å². The summed E-state index contributed by atoms with van der Waals surface area (Å²) in [5.41, 5.74) is 4.52. The van der Waals surface area contributed by atoms with E-state index in [0.29, 0.717) is 18.0 Å². The Morgan fingerprint density at radius 1 is 1.13 bits per heavy atom. The Kier molecular flexibility index (Phi) is 4.06. The summed E-state index contributed by atoms with van der Waals surface area (Å²) in [5, 5.41) is 2.77. The van der Waals surface area contributed by atoms with E-state index in [-0.39, 0.29) is 11.7 Å². The zero-order chi connectivity index (χ0) is 16.4. The molecule has 3 nitrogen and oxygen atoms in total. The standard InChI is InChI=1S/C19H17FN2O/c1-12-3-4-13(2)15(9-12)11-17-19(23)22-18(21-17)10-14-5-7-16(20)8-6-14/h3-9,11H,10H2,1-2H3,(H,21,22,23)/b17-11+. The molecule has 0 atom stereocenters. The molecule has 4 heteroatoms. The number of nitrogens with zero attached hydrogens (tertiary/aromatic N) is 1. The maximum atomic E-state index is 12.9. The molecule has 1 aliphatic rings. The van der Waals surface area contributed by atoms with Crippen molar-refractivity contribution in [1.29, 1.82) is 0 Å². The molecule has 116 valence electrons. The summed E-state index contributed by atoms with van der Waals surface area (Å²) in [4.78, 5) is 16.5. The van der Waals surface area contributed by atoms with E-state index in [1.54, 1.807) is 18.2 Å². The molecule has 0 unspecified atom stereocenters. The molecule has 1 aliphatic heterocycles. The fourth-order valence-electron chi connectivity index (χ4n) is 2.46. The number of hydrogen-bond acceptors (Lipinski definition) is 2. The topological polar surface area (TPSA) is 41.5 Å². The number of aryl methyl sites for hydroxylation is 2. The number of amides is 1. The molecule has 3 rings (SSSR count). The lowest BCUT2D eigenvalue weighted by atomic mass is 10.0. The maximum absolute atomic E-state index is 12.9. The normalized spacial score (nSPS) is 15.7. The number of carbonyl (C=O) groups excluding carboxylic acids is 1. The average Bonchev–Trinajstić information content (AvgIpc) is 2.85. The Hall–Kier alpha value is -2.75.